The van der Waals surface area contributed by atoms with Crippen LogP contribution >= 0.6 is 0 Å². The zero-order chi connectivity index (χ0) is 15.8. The van der Waals surface area contributed by atoms with Crippen molar-refractivity contribution in [3.8, 4) is 0 Å². The minimum atomic E-state index is -0.0179. The summed E-state index contributed by atoms with van der Waals surface area (Å²) >= 11 is 0. The van der Waals surface area contributed by atoms with Crippen LogP contribution < -0.4 is 5.32 Å². The highest BCUT2D eigenvalue weighted by Crippen LogP contribution is 2.18. The second-order valence-electron chi connectivity index (χ2n) is 5.77. The van der Waals surface area contributed by atoms with Crippen LogP contribution in [-0.2, 0) is 4.79 Å². The SMILES string of the molecule is CC(C)CCNC(=O)/C(=C/c1ccccc1)c1ccccc1. The molecule has 0 aliphatic heterocycles. The predicted octanol–water partition coefficient (Wildman–Crippen LogP) is 4.39. The van der Waals surface area contributed by atoms with Gasteiger partial charge in [-0.2, -0.15) is 0 Å². The number of amides is 1. The molecule has 2 heteroatoms. The number of carbonyl (C=O) groups excluding carboxylic acids is 1. The van der Waals surface area contributed by atoms with Crippen LogP contribution in [0, 0.1) is 5.92 Å². The molecule has 0 aromatic heterocycles. The Morgan fingerprint density at radius 3 is 2.18 bits per heavy atom. The molecule has 2 aromatic carbocycles. The number of rotatable bonds is 6. The summed E-state index contributed by atoms with van der Waals surface area (Å²) in [4.78, 5) is 12.6. The van der Waals surface area contributed by atoms with Gasteiger partial charge in [-0.25, -0.2) is 0 Å². The van der Waals surface area contributed by atoms with E-state index in [1.54, 1.807) is 0 Å². The Bertz CT molecular complexity index is 615. The summed E-state index contributed by atoms with van der Waals surface area (Å²) in [5.41, 5.74) is 2.67. The van der Waals surface area contributed by atoms with E-state index in [-0.39, 0.29) is 5.91 Å². The molecule has 0 atom stereocenters. The van der Waals surface area contributed by atoms with E-state index >= 15 is 0 Å². The largest absolute Gasteiger partial charge is 0.352 e. The smallest absolute Gasteiger partial charge is 0.251 e. The number of benzene rings is 2. The van der Waals surface area contributed by atoms with E-state index in [1.807, 2.05) is 66.7 Å². The van der Waals surface area contributed by atoms with Crippen LogP contribution in [0.4, 0.5) is 0 Å². The van der Waals surface area contributed by atoms with Gasteiger partial charge in [0.1, 0.15) is 0 Å². The van der Waals surface area contributed by atoms with Crippen LogP contribution in [0.3, 0.4) is 0 Å². The zero-order valence-corrected chi connectivity index (χ0v) is 13.3. The lowest BCUT2D eigenvalue weighted by Gasteiger charge is -2.11. The average molecular weight is 293 g/mol. The summed E-state index contributed by atoms with van der Waals surface area (Å²) in [5.74, 6) is 0.564. The first kappa shape index (κ1) is 16.0. The lowest BCUT2D eigenvalue weighted by molar-refractivity contribution is -0.115. The van der Waals surface area contributed by atoms with Gasteiger partial charge in [0.05, 0.1) is 0 Å². The van der Waals surface area contributed by atoms with Gasteiger partial charge in [-0.05, 0) is 29.5 Å². The van der Waals surface area contributed by atoms with Gasteiger partial charge < -0.3 is 5.32 Å². The maximum atomic E-state index is 12.6. The molecule has 1 N–H and O–H groups in total. The van der Waals surface area contributed by atoms with Gasteiger partial charge in [0, 0.05) is 12.1 Å². The number of hydrogen-bond acceptors (Lipinski definition) is 1. The van der Waals surface area contributed by atoms with Crippen molar-refractivity contribution in [2.75, 3.05) is 6.54 Å². The Morgan fingerprint density at radius 1 is 1.00 bits per heavy atom. The summed E-state index contributed by atoms with van der Waals surface area (Å²) in [6.07, 6.45) is 2.93. The van der Waals surface area contributed by atoms with Crippen LogP contribution in [0.1, 0.15) is 31.4 Å². The fourth-order valence-corrected chi connectivity index (χ4v) is 2.18. The second-order valence-corrected chi connectivity index (χ2v) is 5.77. The van der Waals surface area contributed by atoms with E-state index in [9.17, 15) is 4.79 Å². The van der Waals surface area contributed by atoms with Crippen molar-refractivity contribution in [2.24, 2.45) is 5.92 Å². The molecule has 0 heterocycles. The Morgan fingerprint density at radius 2 is 1.59 bits per heavy atom. The Hall–Kier alpha value is -2.35. The van der Waals surface area contributed by atoms with Crippen molar-refractivity contribution in [2.45, 2.75) is 20.3 Å². The molecular formula is C20H23NO. The zero-order valence-electron chi connectivity index (χ0n) is 13.3. The summed E-state index contributed by atoms with van der Waals surface area (Å²) in [6.45, 7) is 5.02. The van der Waals surface area contributed by atoms with E-state index in [0.717, 1.165) is 17.5 Å². The van der Waals surface area contributed by atoms with E-state index in [4.69, 9.17) is 0 Å². The predicted molar refractivity (Wildman–Crippen MR) is 93.2 cm³/mol. The molecule has 0 fully saturated rings. The van der Waals surface area contributed by atoms with E-state index in [2.05, 4.69) is 19.2 Å². The maximum Gasteiger partial charge on any atom is 0.251 e. The first-order valence-corrected chi connectivity index (χ1v) is 7.77. The van der Waals surface area contributed by atoms with Gasteiger partial charge in [0.2, 0.25) is 0 Å². The van der Waals surface area contributed by atoms with Gasteiger partial charge in [0.25, 0.3) is 5.91 Å². The maximum absolute atomic E-state index is 12.6. The van der Waals surface area contributed by atoms with Gasteiger partial charge in [-0.3, -0.25) is 4.79 Å². The third-order valence-electron chi connectivity index (χ3n) is 3.45. The molecule has 0 radical (unpaired) electrons. The lowest BCUT2D eigenvalue weighted by atomic mass is 10.0. The van der Waals surface area contributed by atoms with Crippen molar-refractivity contribution in [1.29, 1.82) is 0 Å². The Kier molecular flexibility index (Phi) is 5.96. The highest BCUT2D eigenvalue weighted by molar-refractivity contribution is 6.24. The molecule has 0 aliphatic carbocycles. The summed E-state index contributed by atoms with van der Waals surface area (Å²) in [6, 6.07) is 19.7. The van der Waals surface area contributed by atoms with Crippen LogP contribution in [0.25, 0.3) is 11.6 Å². The minimum absolute atomic E-state index is 0.0179. The molecule has 0 aliphatic rings. The fraction of sp³-hybridized carbons (Fsp3) is 0.250. The van der Waals surface area contributed by atoms with Crippen molar-refractivity contribution in [3.63, 3.8) is 0 Å². The van der Waals surface area contributed by atoms with Gasteiger partial charge in [-0.1, -0.05) is 74.5 Å². The third kappa shape index (κ3) is 4.88. The molecule has 0 saturated heterocycles. The summed E-state index contributed by atoms with van der Waals surface area (Å²) < 4.78 is 0. The second kappa shape index (κ2) is 8.18. The standard InChI is InChI=1S/C20H23NO/c1-16(2)13-14-21-20(22)19(18-11-7-4-8-12-18)15-17-9-5-3-6-10-17/h3-12,15-16H,13-14H2,1-2H3,(H,21,22)/b19-15+. The van der Waals surface area contributed by atoms with Crippen molar-refractivity contribution in [1.82, 2.24) is 5.32 Å². The molecule has 2 aromatic rings. The van der Waals surface area contributed by atoms with Gasteiger partial charge in [0.15, 0.2) is 0 Å². The monoisotopic (exact) mass is 293 g/mol. The molecule has 1 amide bonds. The molecule has 0 unspecified atom stereocenters. The van der Waals surface area contributed by atoms with Crippen LogP contribution in [-0.4, -0.2) is 12.5 Å². The van der Waals surface area contributed by atoms with E-state index in [0.29, 0.717) is 18.0 Å². The molecule has 2 nitrogen and oxygen atoms in total. The van der Waals surface area contributed by atoms with Crippen molar-refractivity contribution >= 4 is 17.6 Å². The van der Waals surface area contributed by atoms with Gasteiger partial charge in [-0.15, -0.1) is 0 Å². The molecule has 22 heavy (non-hydrogen) atoms. The number of carbonyl (C=O) groups is 1. The summed E-state index contributed by atoms with van der Waals surface area (Å²) in [7, 11) is 0. The first-order chi connectivity index (χ1) is 10.7. The van der Waals surface area contributed by atoms with Crippen LogP contribution in [0.5, 0.6) is 0 Å². The average Bonchev–Trinajstić information content (AvgIpc) is 2.54. The molecule has 0 bridgehead atoms. The first-order valence-electron chi connectivity index (χ1n) is 7.77. The van der Waals surface area contributed by atoms with Crippen molar-refractivity contribution in [3.05, 3.63) is 71.8 Å². The van der Waals surface area contributed by atoms with E-state index < -0.39 is 0 Å². The minimum Gasteiger partial charge on any atom is -0.352 e. The van der Waals surface area contributed by atoms with Gasteiger partial charge >= 0.3 is 0 Å². The molecular weight excluding hydrogens is 270 g/mol. The third-order valence-corrected chi connectivity index (χ3v) is 3.45. The topological polar surface area (TPSA) is 29.1 Å². The highest BCUT2D eigenvalue weighted by atomic mass is 16.1. The number of hydrogen-bond donors (Lipinski definition) is 1. The lowest BCUT2D eigenvalue weighted by Crippen LogP contribution is -2.26. The van der Waals surface area contributed by atoms with Crippen LogP contribution in [0.2, 0.25) is 0 Å². The Balaban J connectivity index is 2.23. The number of nitrogens with one attached hydrogen (secondary N) is 1. The Labute approximate surface area is 132 Å². The quantitative estimate of drug-likeness (QED) is 0.621. The molecule has 114 valence electrons. The van der Waals surface area contributed by atoms with Crippen molar-refractivity contribution < 1.29 is 4.79 Å². The summed E-state index contributed by atoms with van der Waals surface area (Å²) in [5, 5.41) is 3.03. The molecule has 2 rings (SSSR count). The van der Waals surface area contributed by atoms with E-state index in [1.165, 1.54) is 0 Å². The molecule has 0 saturated carbocycles. The fourth-order valence-electron chi connectivity index (χ4n) is 2.18. The van der Waals surface area contributed by atoms with Crippen LogP contribution in [0.15, 0.2) is 60.7 Å². The molecule has 0 spiro atoms. The highest BCUT2D eigenvalue weighted by Gasteiger charge is 2.11. The normalized spacial score (nSPS) is 11.5.